The lowest BCUT2D eigenvalue weighted by Crippen LogP contribution is -2.29. The third-order valence-corrected chi connectivity index (χ3v) is 6.44. The molecule has 0 saturated carbocycles. The number of hydrogen-bond donors (Lipinski definition) is 2. The lowest BCUT2D eigenvalue weighted by atomic mass is 9.90. The molecule has 0 aliphatic carbocycles. The minimum Gasteiger partial charge on any atom is -0.361 e. The molecule has 6 nitrogen and oxygen atoms in total. The standard InChI is InChI=1S/C26H20ClN3O3/c1-30-25(32)18-11-10-15(12-19(18)26(30)33)24(31)29-14-20(16-6-2-4-8-22(16)27)21-13-28-23-9-5-3-7-17(21)23/h2-13,20,28H,14H2,1H3,(H,29,31). The number of carbonyl (C=O) groups is 3. The van der Waals surface area contributed by atoms with Crippen LogP contribution in [-0.2, 0) is 0 Å². The number of fused-ring (bicyclic) bond motifs is 2. The highest BCUT2D eigenvalue weighted by atomic mass is 35.5. The highest BCUT2D eigenvalue weighted by Crippen LogP contribution is 2.34. The third-order valence-electron chi connectivity index (χ3n) is 6.10. The van der Waals surface area contributed by atoms with Gasteiger partial charge < -0.3 is 10.3 Å². The van der Waals surface area contributed by atoms with Gasteiger partial charge in [0, 0.05) is 47.2 Å². The lowest BCUT2D eigenvalue weighted by Gasteiger charge is -2.19. The Kier molecular flexibility index (Phi) is 5.23. The SMILES string of the molecule is CN1C(=O)c2ccc(C(=O)NCC(c3ccccc3Cl)c3c[nH]c4ccccc34)cc2C1=O. The van der Waals surface area contributed by atoms with Crippen LogP contribution in [0.3, 0.4) is 0 Å². The van der Waals surface area contributed by atoms with Crippen molar-refractivity contribution >= 4 is 40.2 Å². The van der Waals surface area contributed by atoms with Crippen molar-refractivity contribution in [2.24, 2.45) is 0 Å². The largest absolute Gasteiger partial charge is 0.361 e. The number of nitrogens with one attached hydrogen (secondary N) is 2. The summed E-state index contributed by atoms with van der Waals surface area (Å²) in [5.41, 5.74) is 3.81. The van der Waals surface area contributed by atoms with E-state index in [4.69, 9.17) is 11.6 Å². The molecular weight excluding hydrogens is 438 g/mol. The van der Waals surface area contributed by atoms with Crippen LogP contribution in [0.2, 0.25) is 5.02 Å². The molecule has 1 unspecified atom stereocenters. The minimum absolute atomic E-state index is 0.192. The summed E-state index contributed by atoms with van der Waals surface area (Å²) in [7, 11) is 1.43. The highest BCUT2D eigenvalue weighted by Gasteiger charge is 2.33. The summed E-state index contributed by atoms with van der Waals surface area (Å²) >= 11 is 6.53. The molecule has 0 saturated heterocycles. The fourth-order valence-corrected chi connectivity index (χ4v) is 4.59. The van der Waals surface area contributed by atoms with E-state index in [1.165, 1.54) is 19.2 Å². The zero-order valence-electron chi connectivity index (χ0n) is 17.8. The number of H-pyrrole nitrogens is 1. The van der Waals surface area contributed by atoms with E-state index in [9.17, 15) is 14.4 Å². The average molecular weight is 458 g/mol. The maximum Gasteiger partial charge on any atom is 0.261 e. The van der Waals surface area contributed by atoms with E-state index in [0.29, 0.717) is 22.7 Å². The molecule has 0 bridgehead atoms. The molecule has 0 spiro atoms. The number of aromatic nitrogens is 1. The quantitative estimate of drug-likeness (QED) is 0.429. The van der Waals surface area contributed by atoms with Crippen LogP contribution in [0, 0.1) is 0 Å². The second-order valence-electron chi connectivity index (χ2n) is 8.00. The van der Waals surface area contributed by atoms with Crippen LogP contribution >= 0.6 is 11.6 Å². The number of imide groups is 1. The first kappa shape index (κ1) is 21.0. The van der Waals surface area contributed by atoms with Crippen molar-refractivity contribution in [3.05, 3.63) is 106 Å². The molecule has 1 aliphatic heterocycles. The van der Waals surface area contributed by atoms with Gasteiger partial charge in [-0.2, -0.15) is 0 Å². The van der Waals surface area contributed by atoms with Gasteiger partial charge in [0.2, 0.25) is 0 Å². The maximum atomic E-state index is 13.0. The number of halogens is 1. The van der Waals surface area contributed by atoms with Gasteiger partial charge in [-0.15, -0.1) is 0 Å². The van der Waals surface area contributed by atoms with Gasteiger partial charge in [0.05, 0.1) is 11.1 Å². The Morgan fingerprint density at radius 2 is 1.70 bits per heavy atom. The second-order valence-corrected chi connectivity index (χ2v) is 8.41. The number of amides is 3. The predicted octanol–water partition coefficient (Wildman–Crippen LogP) is 4.61. The van der Waals surface area contributed by atoms with Gasteiger partial charge in [0.25, 0.3) is 17.7 Å². The molecule has 1 aliphatic rings. The van der Waals surface area contributed by atoms with Crippen LogP contribution in [0.4, 0.5) is 0 Å². The van der Waals surface area contributed by atoms with Crippen molar-refractivity contribution in [2.45, 2.75) is 5.92 Å². The van der Waals surface area contributed by atoms with E-state index in [-0.39, 0.29) is 23.3 Å². The normalized spacial score (nSPS) is 13.9. The average Bonchev–Trinajstić information content (AvgIpc) is 3.35. The Bertz CT molecular complexity index is 1430. The number of rotatable bonds is 5. The maximum absolute atomic E-state index is 13.0. The molecule has 5 rings (SSSR count). The summed E-state index contributed by atoms with van der Waals surface area (Å²) in [5.74, 6) is -1.29. The van der Waals surface area contributed by atoms with Crippen LogP contribution in [0.25, 0.3) is 10.9 Å². The van der Waals surface area contributed by atoms with Gasteiger partial charge in [-0.25, -0.2) is 0 Å². The zero-order chi connectivity index (χ0) is 23.1. The molecule has 1 atom stereocenters. The number of aromatic amines is 1. The molecule has 2 heterocycles. The van der Waals surface area contributed by atoms with E-state index in [2.05, 4.69) is 10.3 Å². The Balaban J connectivity index is 1.45. The van der Waals surface area contributed by atoms with Gasteiger partial charge in [0.1, 0.15) is 0 Å². The summed E-state index contributed by atoms with van der Waals surface area (Å²) in [6.45, 7) is 0.300. The van der Waals surface area contributed by atoms with E-state index in [1.54, 1.807) is 6.07 Å². The van der Waals surface area contributed by atoms with Crippen LogP contribution in [0.1, 0.15) is 48.1 Å². The predicted molar refractivity (Wildman–Crippen MR) is 127 cm³/mol. The Morgan fingerprint density at radius 3 is 2.52 bits per heavy atom. The summed E-state index contributed by atoms with van der Waals surface area (Å²) < 4.78 is 0. The van der Waals surface area contributed by atoms with Gasteiger partial charge in [-0.05, 0) is 41.5 Å². The first-order valence-electron chi connectivity index (χ1n) is 10.5. The van der Waals surface area contributed by atoms with Gasteiger partial charge in [-0.1, -0.05) is 48.0 Å². The summed E-state index contributed by atoms with van der Waals surface area (Å²) in [5, 5.41) is 4.66. The van der Waals surface area contributed by atoms with Crippen molar-refractivity contribution in [1.82, 2.24) is 15.2 Å². The summed E-state index contributed by atoms with van der Waals surface area (Å²) in [4.78, 5) is 41.8. The van der Waals surface area contributed by atoms with Crippen LogP contribution in [-0.4, -0.2) is 41.2 Å². The fourth-order valence-electron chi connectivity index (χ4n) is 4.33. The topological polar surface area (TPSA) is 82.3 Å². The number of benzene rings is 3. The molecule has 0 fully saturated rings. The van der Waals surface area contributed by atoms with E-state index in [1.807, 2.05) is 54.7 Å². The molecule has 0 radical (unpaired) electrons. The molecule has 4 aromatic rings. The molecule has 33 heavy (non-hydrogen) atoms. The number of para-hydroxylation sites is 1. The zero-order valence-corrected chi connectivity index (χ0v) is 18.5. The molecule has 2 N–H and O–H groups in total. The Morgan fingerprint density at radius 1 is 0.970 bits per heavy atom. The van der Waals surface area contributed by atoms with E-state index < -0.39 is 5.91 Å². The number of nitrogens with zero attached hydrogens (tertiary/aromatic N) is 1. The Hall–Kier alpha value is -3.90. The van der Waals surface area contributed by atoms with Crippen molar-refractivity contribution in [2.75, 3.05) is 13.6 Å². The second kappa shape index (κ2) is 8.22. The smallest absolute Gasteiger partial charge is 0.261 e. The highest BCUT2D eigenvalue weighted by molar-refractivity contribution is 6.31. The van der Waals surface area contributed by atoms with Crippen LogP contribution in [0.5, 0.6) is 0 Å². The first-order chi connectivity index (χ1) is 16.0. The van der Waals surface area contributed by atoms with Crippen molar-refractivity contribution in [3.8, 4) is 0 Å². The van der Waals surface area contributed by atoms with Crippen molar-refractivity contribution in [1.29, 1.82) is 0 Å². The van der Waals surface area contributed by atoms with Crippen molar-refractivity contribution < 1.29 is 14.4 Å². The number of hydrogen-bond acceptors (Lipinski definition) is 3. The van der Waals surface area contributed by atoms with Crippen LogP contribution < -0.4 is 5.32 Å². The molecule has 164 valence electrons. The molecule has 1 aromatic heterocycles. The van der Waals surface area contributed by atoms with E-state index in [0.717, 1.165) is 26.9 Å². The van der Waals surface area contributed by atoms with Gasteiger partial charge in [0.15, 0.2) is 0 Å². The molecule has 3 aromatic carbocycles. The molecule has 3 amide bonds. The van der Waals surface area contributed by atoms with Gasteiger partial charge >= 0.3 is 0 Å². The third kappa shape index (κ3) is 3.58. The van der Waals surface area contributed by atoms with Gasteiger partial charge in [-0.3, -0.25) is 19.3 Å². The van der Waals surface area contributed by atoms with E-state index >= 15 is 0 Å². The fraction of sp³-hybridized carbons (Fsp3) is 0.115. The minimum atomic E-state index is -0.405. The number of carbonyl (C=O) groups excluding carboxylic acids is 3. The van der Waals surface area contributed by atoms with Crippen LogP contribution in [0.15, 0.2) is 72.9 Å². The molecule has 7 heteroatoms. The lowest BCUT2D eigenvalue weighted by molar-refractivity contribution is 0.0693. The molecular formula is C26H20ClN3O3. The van der Waals surface area contributed by atoms with Crippen molar-refractivity contribution in [3.63, 3.8) is 0 Å². The monoisotopic (exact) mass is 457 g/mol. The summed E-state index contributed by atoms with van der Waals surface area (Å²) in [6, 6.07) is 20.1. The Labute approximate surface area is 195 Å². The summed E-state index contributed by atoms with van der Waals surface area (Å²) in [6.07, 6.45) is 1.94. The first-order valence-corrected chi connectivity index (χ1v) is 10.9.